The van der Waals surface area contributed by atoms with E-state index in [-0.39, 0.29) is 6.10 Å². The first-order valence-corrected chi connectivity index (χ1v) is 7.30. The highest BCUT2D eigenvalue weighted by Gasteiger charge is 2.26. The van der Waals surface area contributed by atoms with E-state index in [1.807, 2.05) is 0 Å². The predicted molar refractivity (Wildman–Crippen MR) is 73.7 cm³/mol. The van der Waals surface area contributed by atoms with Crippen LogP contribution >= 0.6 is 11.3 Å². The molecule has 2 atom stereocenters. The Morgan fingerprint density at radius 1 is 1.56 bits per heavy atom. The Hall–Kier alpha value is -0.940. The minimum Gasteiger partial charge on any atom is -0.375 e. The maximum Gasteiger partial charge on any atom is 0.186 e. The van der Waals surface area contributed by atoms with Crippen LogP contribution in [0.3, 0.4) is 0 Å². The van der Waals surface area contributed by atoms with Gasteiger partial charge < -0.3 is 9.64 Å². The average molecular weight is 268 g/mol. The average Bonchev–Trinajstić information content (AvgIpc) is 2.76. The molecule has 1 aromatic heterocycles. The van der Waals surface area contributed by atoms with Crippen LogP contribution in [-0.4, -0.2) is 36.6 Å². The molecule has 0 aliphatic carbocycles. The van der Waals surface area contributed by atoms with Crippen LogP contribution in [0.2, 0.25) is 0 Å². The normalized spacial score (nSPS) is 24.3. The molecule has 1 saturated heterocycles. The summed E-state index contributed by atoms with van der Waals surface area (Å²) in [5, 5.41) is 0.961. The SMILES string of the molecule is CCCc1nc(N2CC(C)OCC2C)sc1C=O. The van der Waals surface area contributed by atoms with E-state index in [1.165, 1.54) is 11.3 Å². The molecule has 0 spiro atoms. The van der Waals surface area contributed by atoms with Gasteiger partial charge in [-0.15, -0.1) is 0 Å². The van der Waals surface area contributed by atoms with Crippen LogP contribution in [0.5, 0.6) is 0 Å². The molecule has 2 rings (SSSR count). The lowest BCUT2D eigenvalue weighted by atomic mass is 10.2. The van der Waals surface area contributed by atoms with Crippen LogP contribution in [0.15, 0.2) is 0 Å². The lowest BCUT2D eigenvalue weighted by Gasteiger charge is -2.36. The van der Waals surface area contributed by atoms with Crippen molar-refractivity contribution in [2.75, 3.05) is 18.1 Å². The van der Waals surface area contributed by atoms with Crippen molar-refractivity contribution in [2.45, 2.75) is 45.8 Å². The molecule has 1 fully saturated rings. The molecule has 100 valence electrons. The summed E-state index contributed by atoms with van der Waals surface area (Å²) in [6.07, 6.45) is 3.04. The van der Waals surface area contributed by atoms with Gasteiger partial charge in [-0.3, -0.25) is 4.79 Å². The van der Waals surface area contributed by atoms with Gasteiger partial charge in [-0.1, -0.05) is 24.7 Å². The Kier molecular flexibility index (Phi) is 4.35. The van der Waals surface area contributed by atoms with Crippen molar-refractivity contribution in [1.29, 1.82) is 0 Å². The highest BCUT2D eigenvalue weighted by molar-refractivity contribution is 7.17. The topological polar surface area (TPSA) is 42.4 Å². The first-order chi connectivity index (χ1) is 8.65. The molecule has 5 heteroatoms. The number of ether oxygens (including phenoxy) is 1. The first kappa shape index (κ1) is 13.5. The first-order valence-electron chi connectivity index (χ1n) is 6.48. The molecule has 1 aliphatic rings. The number of morpholine rings is 1. The molecule has 0 amide bonds. The number of carbonyl (C=O) groups excluding carboxylic acids is 1. The molecular weight excluding hydrogens is 248 g/mol. The number of aryl methyl sites for hydroxylation is 1. The lowest BCUT2D eigenvalue weighted by molar-refractivity contribution is 0.0343. The molecule has 0 radical (unpaired) electrons. The van der Waals surface area contributed by atoms with Crippen LogP contribution in [0.1, 0.15) is 42.6 Å². The number of anilines is 1. The number of aromatic nitrogens is 1. The zero-order chi connectivity index (χ0) is 13.1. The van der Waals surface area contributed by atoms with Gasteiger partial charge in [0, 0.05) is 6.54 Å². The van der Waals surface area contributed by atoms with Crippen molar-refractivity contribution in [3.8, 4) is 0 Å². The lowest BCUT2D eigenvalue weighted by Crippen LogP contribution is -2.47. The maximum absolute atomic E-state index is 11.1. The number of nitrogens with zero attached hydrogens (tertiary/aromatic N) is 2. The largest absolute Gasteiger partial charge is 0.375 e. The van der Waals surface area contributed by atoms with Crippen LogP contribution < -0.4 is 4.90 Å². The Balaban J connectivity index is 2.23. The third-order valence-electron chi connectivity index (χ3n) is 3.16. The summed E-state index contributed by atoms with van der Waals surface area (Å²) in [4.78, 5) is 18.7. The molecule has 0 N–H and O–H groups in total. The van der Waals surface area contributed by atoms with Gasteiger partial charge in [-0.05, 0) is 20.3 Å². The summed E-state index contributed by atoms with van der Waals surface area (Å²) >= 11 is 1.50. The third-order valence-corrected chi connectivity index (χ3v) is 4.22. The molecule has 1 aromatic rings. The van der Waals surface area contributed by atoms with Gasteiger partial charge in [0.15, 0.2) is 11.4 Å². The van der Waals surface area contributed by atoms with Gasteiger partial charge in [0.2, 0.25) is 0 Å². The van der Waals surface area contributed by atoms with Gasteiger partial charge in [-0.25, -0.2) is 4.98 Å². The van der Waals surface area contributed by atoms with Crippen molar-refractivity contribution < 1.29 is 9.53 Å². The number of carbonyl (C=O) groups is 1. The van der Waals surface area contributed by atoms with E-state index in [1.54, 1.807) is 0 Å². The fourth-order valence-corrected chi connectivity index (χ4v) is 3.19. The van der Waals surface area contributed by atoms with Gasteiger partial charge in [0.1, 0.15) is 0 Å². The second kappa shape index (κ2) is 5.80. The van der Waals surface area contributed by atoms with Crippen LogP contribution in [0.25, 0.3) is 0 Å². The Morgan fingerprint density at radius 2 is 2.33 bits per heavy atom. The Labute approximate surface area is 112 Å². The second-order valence-corrected chi connectivity index (χ2v) is 5.83. The van der Waals surface area contributed by atoms with E-state index in [9.17, 15) is 4.79 Å². The minimum absolute atomic E-state index is 0.222. The van der Waals surface area contributed by atoms with Gasteiger partial charge in [-0.2, -0.15) is 0 Å². The van der Waals surface area contributed by atoms with Crippen molar-refractivity contribution in [3.63, 3.8) is 0 Å². The van der Waals surface area contributed by atoms with E-state index in [0.29, 0.717) is 6.04 Å². The maximum atomic E-state index is 11.1. The highest BCUT2D eigenvalue weighted by Crippen LogP contribution is 2.29. The molecule has 2 heterocycles. The molecule has 1 aliphatic heterocycles. The molecular formula is C13H20N2O2S. The van der Waals surface area contributed by atoms with Gasteiger partial charge in [0.05, 0.1) is 29.3 Å². The quantitative estimate of drug-likeness (QED) is 0.787. The number of thiazole rings is 1. The van der Waals surface area contributed by atoms with Crippen molar-refractivity contribution in [2.24, 2.45) is 0 Å². The minimum atomic E-state index is 0.222. The number of rotatable bonds is 4. The summed E-state index contributed by atoms with van der Waals surface area (Å²) < 4.78 is 5.62. The van der Waals surface area contributed by atoms with Crippen LogP contribution in [-0.2, 0) is 11.2 Å². The summed E-state index contributed by atoms with van der Waals surface area (Å²) in [7, 11) is 0. The monoisotopic (exact) mass is 268 g/mol. The van der Waals surface area contributed by atoms with E-state index in [2.05, 4.69) is 30.7 Å². The fraction of sp³-hybridized carbons (Fsp3) is 0.692. The van der Waals surface area contributed by atoms with Crippen LogP contribution in [0, 0.1) is 0 Å². The Morgan fingerprint density at radius 3 is 3.00 bits per heavy atom. The number of hydrogen-bond donors (Lipinski definition) is 0. The zero-order valence-electron chi connectivity index (χ0n) is 11.2. The molecule has 4 nitrogen and oxygen atoms in total. The molecule has 0 aromatic carbocycles. The van der Waals surface area contributed by atoms with E-state index >= 15 is 0 Å². The van der Waals surface area contributed by atoms with E-state index in [4.69, 9.17) is 4.74 Å². The number of hydrogen-bond acceptors (Lipinski definition) is 5. The molecule has 18 heavy (non-hydrogen) atoms. The Bertz CT molecular complexity index is 419. The van der Waals surface area contributed by atoms with Gasteiger partial charge in [0.25, 0.3) is 0 Å². The fourth-order valence-electron chi connectivity index (χ4n) is 2.15. The predicted octanol–water partition coefficient (Wildman–Crippen LogP) is 2.52. The highest BCUT2D eigenvalue weighted by atomic mass is 32.1. The van der Waals surface area contributed by atoms with Crippen LogP contribution in [0.4, 0.5) is 5.13 Å². The van der Waals surface area contributed by atoms with E-state index in [0.717, 1.165) is 48.0 Å². The summed E-state index contributed by atoms with van der Waals surface area (Å²) in [6.45, 7) is 7.87. The molecule has 0 bridgehead atoms. The summed E-state index contributed by atoms with van der Waals surface area (Å²) in [5.74, 6) is 0. The molecule has 2 unspecified atom stereocenters. The second-order valence-electron chi connectivity index (χ2n) is 4.82. The van der Waals surface area contributed by atoms with Crippen molar-refractivity contribution in [1.82, 2.24) is 4.98 Å². The van der Waals surface area contributed by atoms with E-state index < -0.39 is 0 Å². The molecule has 0 saturated carbocycles. The third kappa shape index (κ3) is 2.72. The standard InChI is InChI=1S/C13H20N2O2S/c1-4-5-11-12(7-16)18-13(14-11)15-6-10(3)17-8-9(15)2/h7,9-10H,4-6,8H2,1-3H3. The summed E-state index contributed by atoms with van der Waals surface area (Å²) in [5.41, 5.74) is 0.943. The smallest absolute Gasteiger partial charge is 0.186 e. The number of aldehydes is 1. The van der Waals surface area contributed by atoms with Crippen molar-refractivity contribution >= 4 is 22.8 Å². The van der Waals surface area contributed by atoms with Crippen molar-refractivity contribution in [3.05, 3.63) is 10.6 Å². The zero-order valence-corrected chi connectivity index (χ0v) is 12.0. The van der Waals surface area contributed by atoms with Gasteiger partial charge >= 0.3 is 0 Å². The summed E-state index contributed by atoms with van der Waals surface area (Å²) in [6, 6.07) is 0.321.